The molecule has 2 aromatic carbocycles. The Hall–Kier alpha value is -2.10. The minimum Gasteiger partial charge on any atom is -0.379 e. The van der Waals surface area contributed by atoms with Gasteiger partial charge in [0.05, 0.1) is 6.10 Å². The first-order valence-electron chi connectivity index (χ1n) is 9.17. The zero-order valence-corrected chi connectivity index (χ0v) is 15.2. The van der Waals surface area contributed by atoms with Crippen LogP contribution in [0.5, 0.6) is 0 Å². The Morgan fingerprint density at radius 3 is 2.56 bits per heavy atom. The topological polar surface area (TPSA) is 26.2 Å². The van der Waals surface area contributed by atoms with Crippen molar-refractivity contribution in [1.82, 2.24) is 9.88 Å². The molecule has 3 heteroatoms. The first-order chi connectivity index (χ1) is 12.2. The van der Waals surface area contributed by atoms with E-state index in [0.29, 0.717) is 6.10 Å². The van der Waals surface area contributed by atoms with E-state index in [0.717, 1.165) is 32.7 Å². The van der Waals surface area contributed by atoms with E-state index in [4.69, 9.17) is 4.74 Å². The maximum atomic E-state index is 5.59. The number of para-hydroxylation sites is 1. The molecule has 25 heavy (non-hydrogen) atoms. The van der Waals surface area contributed by atoms with Crippen molar-refractivity contribution in [3.05, 3.63) is 71.9 Å². The molecule has 0 amide bonds. The summed E-state index contributed by atoms with van der Waals surface area (Å²) in [5, 5.41) is 4.89. The van der Waals surface area contributed by atoms with E-state index >= 15 is 0 Å². The first kappa shape index (κ1) is 17.7. The zero-order valence-electron chi connectivity index (χ0n) is 15.2. The van der Waals surface area contributed by atoms with Gasteiger partial charge in [-0.05, 0) is 44.0 Å². The van der Waals surface area contributed by atoms with Crippen molar-refractivity contribution in [2.45, 2.75) is 39.5 Å². The SMILES string of the molecule is CC(C)OCCCNCc1cn(Cc2ccccc2)c2ccccc12. The van der Waals surface area contributed by atoms with Crippen LogP contribution in [0, 0.1) is 0 Å². The predicted octanol–water partition coefficient (Wildman–Crippen LogP) is 4.59. The number of ether oxygens (including phenoxy) is 1. The summed E-state index contributed by atoms with van der Waals surface area (Å²) in [7, 11) is 0. The van der Waals surface area contributed by atoms with Gasteiger partial charge in [-0.2, -0.15) is 0 Å². The largest absolute Gasteiger partial charge is 0.379 e. The lowest BCUT2D eigenvalue weighted by Gasteiger charge is -2.08. The van der Waals surface area contributed by atoms with Gasteiger partial charge in [-0.15, -0.1) is 0 Å². The van der Waals surface area contributed by atoms with Crippen LogP contribution in [0.25, 0.3) is 10.9 Å². The molecule has 1 N–H and O–H groups in total. The summed E-state index contributed by atoms with van der Waals surface area (Å²) in [6.45, 7) is 7.75. The molecule has 0 aliphatic heterocycles. The van der Waals surface area contributed by atoms with Gasteiger partial charge in [-0.3, -0.25) is 0 Å². The number of rotatable bonds is 9. The van der Waals surface area contributed by atoms with E-state index in [2.05, 4.69) is 84.5 Å². The summed E-state index contributed by atoms with van der Waals surface area (Å²) in [6.07, 6.45) is 3.65. The molecule has 0 unspecified atom stereocenters. The summed E-state index contributed by atoms with van der Waals surface area (Å²) in [6, 6.07) is 19.3. The molecule has 0 aliphatic rings. The van der Waals surface area contributed by atoms with Crippen molar-refractivity contribution in [2.24, 2.45) is 0 Å². The van der Waals surface area contributed by atoms with E-state index in [1.165, 1.54) is 22.0 Å². The summed E-state index contributed by atoms with van der Waals surface area (Å²) < 4.78 is 7.94. The van der Waals surface area contributed by atoms with Gasteiger partial charge in [0, 0.05) is 36.8 Å². The Bertz CT molecular complexity index is 777. The Kier molecular flexibility index (Phi) is 6.26. The monoisotopic (exact) mass is 336 g/mol. The molecule has 3 rings (SSSR count). The average Bonchev–Trinajstić information content (AvgIpc) is 2.97. The number of aromatic nitrogens is 1. The third-order valence-corrected chi connectivity index (χ3v) is 4.33. The van der Waals surface area contributed by atoms with E-state index in [1.807, 2.05) is 0 Å². The van der Waals surface area contributed by atoms with Crippen molar-refractivity contribution in [2.75, 3.05) is 13.2 Å². The molecule has 0 saturated heterocycles. The Morgan fingerprint density at radius 2 is 1.76 bits per heavy atom. The van der Waals surface area contributed by atoms with Crippen molar-refractivity contribution in [1.29, 1.82) is 0 Å². The fourth-order valence-electron chi connectivity index (χ4n) is 3.11. The molecule has 0 aliphatic carbocycles. The van der Waals surface area contributed by atoms with Crippen LogP contribution in [-0.2, 0) is 17.8 Å². The van der Waals surface area contributed by atoms with Crippen LogP contribution in [0.1, 0.15) is 31.4 Å². The Labute approximate surface area is 150 Å². The van der Waals surface area contributed by atoms with Gasteiger partial charge >= 0.3 is 0 Å². The minimum atomic E-state index is 0.316. The molecule has 3 nitrogen and oxygen atoms in total. The fourth-order valence-corrected chi connectivity index (χ4v) is 3.11. The van der Waals surface area contributed by atoms with Gasteiger partial charge in [0.2, 0.25) is 0 Å². The van der Waals surface area contributed by atoms with Gasteiger partial charge in [0.1, 0.15) is 0 Å². The number of benzene rings is 2. The van der Waals surface area contributed by atoms with Crippen LogP contribution in [0.2, 0.25) is 0 Å². The maximum Gasteiger partial charge on any atom is 0.0518 e. The zero-order chi connectivity index (χ0) is 17.5. The maximum absolute atomic E-state index is 5.59. The first-order valence-corrected chi connectivity index (χ1v) is 9.17. The lowest BCUT2D eigenvalue weighted by atomic mass is 10.2. The molecule has 3 aromatic rings. The molecule has 0 saturated carbocycles. The van der Waals surface area contributed by atoms with Crippen molar-refractivity contribution < 1.29 is 4.74 Å². The summed E-state index contributed by atoms with van der Waals surface area (Å²) >= 11 is 0. The highest BCUT2D eigenvalue weighted by Crippen LogP contribution is 2.22. The van der Waals surface area contributed by atoms with Crippen LogP contribution in [-0.4, -0.2) is 23.8 Å². The van der Waals surface area contributed by atoms with Crippen LogP contribution in [0.4, 0.5) is 0 Å². The molecule has 1 aromatic heterocycles. The number of hydrogen-bond acceptors (Lipinski definition) is 2. The summed E-state index contributed by atoms with van der Waals surface area (Å²) in [5.41, 5.74) is 3.98. The van der Waals surface area contributed by atoms with E-state index in [1.54, 1.807) is 0 Å². The van der Waals surface area contributed by atoms with Gasteiger partial charge in [0.15, 0.2) is 0 Å². The predicted molar refractivity (Wildman–Crippen MR) is 105 cm³/mol. The van der Waals surface area contributed by atoms with Gasteiger partial charge in [-0.25, -0.2) is 0 Å². The highest BCUT2D eigenvalue weighted by Gasteiger charge is 2.08. The third kappa shape index (κ3) is 4.94. The van der Waals surface area contributed by atoms with Gasteiger partial charge < -0.3 is 14.6 Å². The quantitative estimate of drug-likeness (QED) is 0.578. The van der Waals surface area contributed by atoms with E-state index in [9.17, 15) is 0 Å². The fraction of sp³-hybridized carbons (Fsp3) is 0.364. The third-order valence-electron chi connectivity index (χ3n) is 4.33. The number of nitrogens with zero attached hydrogens (tertiary/aromatic N) is 1. The standard InChI is InChI=1S/C22H28N2O/c1-18(2)25-14-8-13-23-15-20-17-24(16-19-9-4-3-5-10-19)22-12-7-6-11-21(20)22/h3-7,9-12,17-18,23H,8,13-16H2,1-2H3. The second-order valence-corrected chi connectivity index (χ2v) is 6.73. The molecule has 132 valence electrons. The van der Waals surface area contributed by atoms with E-state index in [-0.39, 0.29) is 0 Å². The molecule has 0 radical (unpaired) electrons. The Morgan fingerprint density at radius 1 is 1.00 bits per heavy atom. The smallest absolute Gasteiger partial charge is 0.0518 e. The van der Waals surface area contributed by atoms with Crippen LogP contribution < -0.4 is 5.32 Å². The minimum absolute atomic E-state index is 0.316. The van der Waals surface area contributed by atoms with E-state index < -0.39 is 0 Å². The van der Waals surface area contributed by atoms with Gasteiger partial charge in [0.25, 0.3) is 0 Å². The molecule has 0 fully saturated rings. The van der Waals surface area contributed by atoms with Crippen molar-refractivity contribution >= 4 is 10.9 Å². The number of hydrogen-bond donors (Lipinski definition) is 1. The van der Waals surface area contributed by atoms with Crippen molar-refractivity contribution in [3.63, 3.8) is 0 Å². The van der Waals surface area contributed by atoms with Crippen LogP contribution in [0.3, 0.4) is 0 Å². The lowest BCUT2D eigenvalue weighted by molar-refractivity contribution is 0.0770. The molecule has 1 heterocycles. The highest BCUT2D eigenvalue weighted by atomic mass is 16.5. The van der Waals surface area contributed by atoms with Crippen molar-refractivity contribution in [3.8, 4) is 0 Å². The number of fused-ring (bicyclic) bond motifs is 1. The second-order valence-electron chi connectivity index (χ2n) is 6.73. The molecular weight excluding hydrogens is 308 g/mol. The summed E-state index contributed by atoms with van der Waals surface area (Å²) in [4.78, 5) is 0. The number of nitrogens with one attached hydrogen (secondary N) is 1. The molecule has 0 spiro atoms. The highest BCUT2D eigenvalue weighted by molar-refractivity contribution is 5.84. The second kappa shape index (κ2) is 8.84. The van der Waals surface area contributed by atoms with Gasteiger partial charge in [-0.1, -0.05) is 48.5 Å². The Balaban J connectivity index is 1.65. The molecule has 0 atom stereocenters. The molecular formula is C22H28N2O. The molecule has 0 bridgehead atoms. The van der Waals surface area contributed by atoms with Crippen LogP contribution >= 0.6 is 0 Å². The lowest BCUT2D eigenvalue weighted by Crippen LogP contribution is -2.17. The average molecular weight is 336 g/mol. The van der Waals surface area contributed by atoms with Crippen LogP contribution in [0.15, 0.2) is 60.8 Å². The normalized spacial score (nSPS) is 11.5. The summed E-state index contributed by atoms with van der Waals surface area (Å²) in [5.74, 6) is 0.